The number of nitrogens with one attached hydrogen (secondary N) is 1. The molecule has 0 aliphatic heterocycles. The van der Waals surface area contributed by atoms with Crippen molar-refractivity contribution in [1.29, 1.82) is 0 Å². The van der Waals surface area contributed by atoms with Crippen LogP contribution in [0.4, 0.5) is 4.79 Å². The molecule has 1 atom stereocenters. The molecule has 0 saturated heterocycles. The predicted octanol–water partition coefficient (Wildman–Crippen LogP) is 1.38. The average molecular weight is 203 g/mol. The molecule has 0 spiro atoms. The topological polar surface area (TPSA) is 75.6 Å². The number of aliphatic carboxylic acids is 1. The number of alkyl carbamates (subject to hydrolysis) is 1. The van der Waals surface area contributed by atoms with Crippen molar-refractivity contribution in [1.82, 2.24) is 5.32 Å². The molecule has 14 heavy (non-hydrogen) atoms. The van der Waals surface area contributed by atoms with Crippen LogP contribution in [0.25, 0.3) is 0 Å². The van der Waals surface area contributed by atoms with Crippen molar-refractivity contribution in [2.75, 3.05) is 6.61 Å². The number of carbonyl (C=O) groups excluding carboxylic acids is 1. The van der Waals surface area contributed by atoms with E-state index >= 15 is 0 Å². The number of amides is 1. The van der Waals surface area contributed by atoms with Crippen LogP contribution >= 0.6 is 0 Å². The third-order valence-corrected chi connectivity index (χ3v) is 1.73. The van der Waals surface area contributed by atoms with Crippen molar-refractivity contribution >= 4 is 12.1 Å². The summed E-state index contributed by atoms with van der Waals surface area (Å²) >= 11 is 0. The van der Waals surface area contributed by atoms with Crippen molar-refractivity contribution in [3.8, 4) is 0 Å². The van der Waals surface area contributed by atoms with Crippen molar-refractivity contribution in [3.63, 3.8) is 0 Å². The lowest BCUT2D eigenvalue weighted by Gasteiger charge is -2.11. The van der Waals surface area contributed by atoms with E-state index in [4.69, 9.17) is 9.84 Å². The van der Waals surface area contributed by atoms with E-state index < -0.39 is 18.1 Å². The van der Waals surface area contributed by atoms with Gasteiger partial charge in [-0.05, 0) is 12.8 Å². The lowest BCUT2D eigenvalue weighted by atomic mass is 10.2. The van der Waals surface area contributed by atoms with Gasteiger partial charge in [0.15, 0.2) is 0 Å². The summed E-state index contributed by atoms with van der Waals surface area (Å²) < 4.78 is 4.75. The Morgan fingerprint density at radius 3 is 2.50 bits per heavy atom. The summed E-state index contributed by atoms with van der Waals surface area (Å²) in [4.78, 5) is 21.5. The second kappa shape index (κ2) is 7.17. The lowest BCUT2D eigenvalue weighted by Crippen LogP contribution is -2.40. The molecule has 0 aromatic carbocycles. The van der Waals surface area contributed by atoms with E-state index in [1.807, 2.05) is 6.92 Å². The molecule has 0 aromatic heterocycles. The summed E-state index contributed by atoms with van der Waals surface area (Å²) in [7, 11) is 0. The minimum absolute atomic E-state index is 0.332. The molecule has 0 bridgehead atoms. The number of unbranched alkanes of at least 4 members (excludes halogenated alkanes) is 1. The smallest absolute Gasteiger partial charge is 0.407 e. The first kappa shape index (κ1) is 12.7. The number of hydrogen-bond acceptors (Lipinski definition) is 3. The summed E-state index contributed by atoms with van der Waals surface area (Å²) in [6.45, 7) is 4.00. The fourth-order valence-corrected chi connectivity index (χ4v) is 0.832. The molecule has 0 aromatic rings. The van der Waals surface area contributed by atoms with Crippen LogP contribution in [0, 0.1) is 0 Å². The molecule has 0 fully saturated rings. The average Bonchev–Trinajstić information content (AvgIpc) is 2.14. The Morgan fingerprint density at radius 1 is 1.43 bits per heavy atom. The minimum atomic E-state index is -1.04. The Morgan fingerprint density at radius 2 is 2.07 bits per heavy atom. The summed E-state index contributed by atoms with van der Waals surface area (Å²) in [6, 6.07) is -0.857. The highest BCUT2D eigenvalue weighted by atomic mass is 16.5. The molecule has 0 radical (unpaired) electrons. The molecule has 0 saturated carbocycles. The quantitative estimate of drug-likeness (QED) is 0.639. The largest absolute Gasteiger partial charge is 0.480 e. The zero-order chi connectivity index (χ0) is 11.0. The van der Waals surface area contributed by atoms with Crippen LogP contribution in [0.15, 0.2) is 0 Å². The first-order valence-corrected chi connectivity index (χ1v) is 4.77. The summed E-state index contributed by atoms with van der Waals surface area (Å²) in [5.74, 6) is -1.04. The third-order valence-electron chi connectivity index (χ3n) is 1.73. The van der Waals surface area contributed by atoms with Gasteiger partial charge in [-0.1, -0.05) is 20.3 Å². The maximum Gasteiger partial charge on any atom is 0.407 e. The molecule has 0 rings (SSSR count). The molecular formula is C9H17NO4. The van der Waals surface area contributed by atoms with E-state index in [1.165, 1.54) is 0 Å². The number of hydrogen-bond donors (Lipinski definition) is 2. The Bertz CT molecular complexity index is 193. The first-order chi connectivity index (χ1) is 6.61. The van der Waals surface area contributed by atoms with Gasteiger partial charge in [-0.3, -0.25) is 0 Å². The van der Waals surface area contributed by atoms with Gasteiger partial charge in [-0.2, -0.15) is 0 Å². The zero-order valence-corrected chi connectivity index (χ0v) is 8.58. The van der Waals surface area contributed by atoms with Crippen LogP contribution in [-0.4, -0.2) is 29.8 Å². The predicted molar refractivity (Wildman–Crippen MR) is 51.1 cm³/mol. The zero-order valence-electron chi connectivity index (χ0n) is 8.58. The molecule has 1 unspecified atom stereocenters. The second-order valence-electron chi connectivity index (χ2n) is 2.93. The van der Waals surface area contributed by atoms with Gasteiger partial charge in [-0.25, -0.2) is 9.59 Å². The van der Waals surface area contributed by atoms with Gasteiger partial charge >= 0.3 is 12.1 Å². The van der Waals surface area contributed by atoms with Crippen molar-refractivity contribution < 1.29 is 19.4 Å². The fraction of sp³-hybridized carbons (Fsp3) is 0.778. The van der Waals surface area contributed by atoms with Crippen LogP contribution in [0.5, 0.6) is 0 Å². The SMILES string of the molecule is CCCCOC(=O)NC(CC)C(=O)O. The molecule has 5 heteroatoms. The summed E-state index contributed by atoms with van der Waals surface area (Å²) in [6.07, 6.45) is 1.41. The maximum absolute atomic E-state index is 11.0. The standard InChI is InChI=1S/C9H17NO4/c1-3-5-6-14-9(13)10-7(4-2)8(11)12/h7H,3-6H2,1-2H3,(H,10,13)(H,11,12). The molecule has 1 amide bonds. The van der Waals surface area contributed by atoms with Crippen molar-refractivity contribution in [3.05, 3.63) is 0 Å². The first-order valence-electron chi connectivity index (χ1n) is 4.77. The van der Waals surface area contributed by atoms with Crippen LogP contribution in [-0.2, 0) is 9.53 Å². The maximum atomic E-state index is 11.0. The molecule has 0 aliphatic carbocycles. The van der Waals surface area contributed by atoms with Gasteiger partial charge in [0.25, 0.3) is 0 Å². The van der Waals surface area contributed by atoms with Gasteiger partial charge in [0.1, 0.15) is 6.04 Å². The van der Waals surface area contributed by atoms with Gasteiger partial charge in [0.2, 0.25) is 0 Å². The number of rotatable bonds is 6. The van der Waals surface area contributed by atoms with E-state index in [9.17, 15) is 9.59 Å². The van der Waals surface area contributed by atoms with Crippen LogP contribution < -0.4 is 5.32 Å². The van der Waals surface area contributed by atoms with Gasteiger partial charge in [0.05, 0.1) is 6.61 Å². The highest BCUT2D eigenvalue weighted by Gasteiger charge is 2.17. The number of carbonyl (C=O) groups is 2. The van der Waals surface area contributed by atoms with Gasteiger partial charge in [0, 0.05) is 0 Å². The Balaban J connectivity index is 3.74. The highest BCUT2D eigenvalue weighted by molar-refractivity contribution is 5.79. The van der Waals surface area contributed by atoms with E-state index in [0.717, 1.165) is 12.8 Å². The summed E-state index contributed by atoms with van der Waals surface area (Å²) in [5.41, 5.74) is 0. The number of carboxylic acid groups (broad SMARTS) is 1. The monoisotopic (exact) mass is 203 g/mol. The van der Waals surface area contributed by atoms with Gasteiger partial charge < -0.3 is 15.2 Å². The van der Waals surface area contributed by atoms with Gasteiger partial charge in [-0.15, -0.1) is 0 Å². The molecule has 2 N–H and O–H groups in total. The number of carboxylic acids is 1. The highest BCUT2D eigenvalue weighted by Crippen LogP contribution is 1.93. The van der Waals surface area contributed by atoms with Crippen LogP contribution in [0.3, 0.4) is 0 Å². The molecule has 82 valence electrons. The minimum Gasteiger partial charge on any atom is -0.480 e. The second-order valence-corrected chi connectivity index (χ2v) is 2.93. The fourth-order valence-electron chi connectivity index (χ4n) is 0.832. The number of ether oxygens (including phenoxy) is 1. The van der Waals surface area contributed by atoms with Crippen molar-refractivity contribution in [2.45, 2.75) is 39.2 Å². The molecule has 5 nitrogen and oxygen atoms in total. The van der Waals surface area contributed by atoms with E-state index in [2.05, 4.69) is 5.32 Å². The van der Waals surface area contributed by atoms with Crippen LogP contribution in [0.2, 0.25) is 0 Å². The molecule has 0 aliphatic rings. The molecule has 0 heterocycles. The van der Waals surface area contributed by atoms with E-state index in [-0.39, 0.29) is 0 Å². The lowest BCUT2D eigenvalue weighted by molar-refractivity contribution is -0.139. The van der Waals surface area contributed by atoms with E-state index in [0.29, 0.717) is 13.0 Å². The third kappa shape index (κ3) is 5.40. The molecular weight excluding hydrogens is 186 g/mol. The van der Waals surface area contributed by atoms with Crippen LogP contribution in [0.1, 0.15) is 33.1 Å². The normalized spacial score (nSPS) is 11.9. The Hall–Kier alpha value is -1.26. The van der Waals surface area contributed by atoms with E-state index in [1.54, 1.807) is 6.92 Å². The summed E-state index contributed by atoms with van der Waals surface area (Å²) in [5, 5.41) is 10.9. The Kier molecular flexibility index (Phi) is 6.53. The van der Waals surface area contributed by atoms with Crippen molar-refractivity contribution in [2.24, 2.45) is 0 Å². The Labute approximate surface area is 83.4 Å².